The fraction of sp³-hybridized carbons (Fsp3) is 0.381. The van der Waals surface area contributed by atoms with Gasteiger partial charge in [-0.3, -0.25) is 4.90 Å². The maximum absolute atomic E-state index is 12.6. The van der Waals surface area contributed by atoms with Gasteiger partial charge in [-0.1, -0.05) is 46.3 Å². The number of aryl methyl sites for hydroxylation is 1. The highest BCUT2D eigenvalue weighted by molar-refractivity contribution is 9.10. The van der Waals surface area contributed by atoms with Crippen molar-refractivity contribution < 1.29 is 9.53 Å². The van der Waals surface area contributed by atoms with Crippen molar-refractivity contribution in [1.82, 2.24) is 10.2 Å². The molecule has 0 bridgehead atoms. The number of halogens is 1. The number of rotatable bonds is 6. The van der Waals surface area contributed by atoms with Crippen LogP contribution in [-0.2, 0) is 0 Å². The van der Waals surface area contributed by atoms with Crippen LogP contribution in [0.25, 0.3) is 0 Å². The minimum Gasteiger partial charge on any atom is -0.495 e. The summed E-state index contributed by atoms with van der Waals surface area (Å²) < 4.78 is 6.32. The summed E-state index contributed by atoms with van der Waals surface area (Å²) in [6, 6.07) is 14.1. The van der Waals surface area contributed by atoms with Crippen LogP contribution >= 0.6 is 15.9 Å². The number of methoxy groups -OCH3 is 1. The van der Waals surface area contributed by atoms with Gasteiger partial charge in [0.25, 0.3) is 0 Å². The van der Waals surface area contributed by atoms with E-state index in [0.717, 1.165) is 23.1 Å². The second-order valence-corrected chi connectivity index (χ2v) is 7.72. The number of nitrogens with zero attached hydrogens (tertiary/aromatic N) is 1. The Balaban J connectivity index is 1.68. The van der Waals surface area contributed by atoms with E-state index in [0.29, 0.717) is 18.0 Å². The number of hydrogen-bond donors (Lipinski definition) is 2. The smallest absolute Gasteiger partial charge is 0.319 e. The van der Waals surface area contributed by atoms with E-state index < -0.39 is 0 Å². The SMILES string of the molecule is COc1cc(Br)cc(C)c1NC(=O)NCC(c1ccccc1)N1CCCC1. The largest absolute Gasteiger partial charge is 0.495 e. The zero-order valence-corrected chi connectivity index (χ0v) is 17.4. The minimum absolute atomic E-state index is 0.187. The van der Waals surface area contributed by atoms with Gasteiger partial charge in [-0.15, -0.1) is 0 Å². The molecule has 1 unspecified atom stereocenters. The maximum Gasteiger partial charge on any atom is 0.319 e. The molecular weight excluding hydrogens is 406 g/mol. The standard InChI is InChI=1S/C21H26BrN3O2/c1-15-12-17(22)13-19(27-2)20(15)24-21(26)23-14-18(25-10-6-7-11-25)16-8-4-3-5-9-16/h3-5,8-9,12-13,18H,6-7,10-11,14H2,1-2H3,(H2,23,24,26). The van der Waals surface area contributed by atoms with Gasteiger partial charge in [0, 0.05) is 11.0 Å². The topological polar surface area (TPSA) is 53.6 Å². The monoisotopic (exact) mass is 431 g/mol. The second-order valence-electron chi connectivity index (χ2n) is 6.80. The van der Waals surface area contributed by atoms with Crippen LogP contribution in [0.3, 0.4) is 0 Å². The number of benzene rings is 2. The lowest BCUT2D eigenvalue weighted by Crippen LogP contribution is -2.38. The van der Waals surface area contributed by atoms with E-state index in [9.17, 15) is 4.79 Å². The van der Waals surface area contributed by atoms with E-state index in [2.05, 4.69) is 55.7 Å². The Bertz CT molecular complexity index is 776. The quantitative estimate of drug-likeness (QED) is 0.695. The van der Waals surface area contributed by atoms with Crippen molar-refractivity contribution in [3.63, 3.8) is 0 Å². The van der Waals surface area contributed by atoms with Crippen LogP contribution in [0.4, 0.5) is 10.5 Å². The number of carbonyl (C=O) groups is 1. The van der Waals surface area contributed by atoms with Gasteiger partial charge in [-0.05, 0) is 56.1 Å². The molecule has 6 heteroatoms. The van der Waals surface area contributed by atoms with Crippen LogP contribution in [-0.4, -0.2) is 37.7 Å². The number of hydrogen-bond acceptors (Lipinski definition) is 3. The molecular formula is C21H26BrN3O2. The normalized spacial score (nSPS) is 15.4. The van der Waals surface area contributed by atoms with Crippen LogP contribution < -0.4 is 15.4 Å². The Labute approximate surface area is 169 Å². The first-order chi connectivity index (χ1) is 13.1. The Kier molecular flexibility index (Phi) is 6.74. The van der Waals surface area contributed by atoms with Crippen molar-refractivity contribution in [3.8, 4) is 5.75 Å². The third kappa shape index (κ3) is 5.02. The number of anilines is 1. The first-order valence-corrected chi connectivity index (χ1v) is 10.1. The van der Waals surface area contributed by atoms with Gasteiger partial charge in [-0.2, -0.15) is 0 Å². The van der Waals surface area contributed by atoms with Crippen molar-refractivity contribution in [3.05, 3.63) is 58.1 Å². The van der Waals surface area contributed by atoms with Gasteiger partial charge in [-0.25, -0.2) is 4.79 Å². The molecule has 3 rings (SSSR count). The molecule has 1 heterocycles. The number of urea groups is 1. The van der Waals surface area contributed by atoms with Gasteiger partial charge in [0.2, 0.25) is 0 Å². The van der Waals surface area contributed by atoms with Gasteiger partial charge >= 0.3 is 6.03 Å². The van der Waals surface area contributed by atoms with E-state index in [1.54, 1.807) is 7.11 Å². The lowest BCUT2D eigenvalue weighted by atomic mass is 10.1. The van der Waals surface area contributed by atoms with Crippen LogP contribution in [0.2, 0.25) is 0 Å². The van der Waals surface area contributed by atoms with E-state index >= 15 is 0 Å². The molecule has 1 aliphatic heterocycles. The molecule has 0 radical (unpaired) electrons. The number of likely N-dealkylation sites (tertiary alicyclic amines) is 1. The molecule has 27 heavy (non-hydrogen) atoms. The highest BCUT2D eigenvalue weighted by Gasteiger charge is 2.24. The molecule has 144 valence electrons. The van der Waals surface area contributed by atoms with Gasteiger partial charge in [0.1, 0.15) is 5.75 Å². The van der Waals surface area contributed by atoms with Gasteiger partial charge < -0.3 is 15.4 Å². The fourth-order valence-electron chi connectivity index (χ4n) is 3.57. The first-order valence-electron chi connectivity index (χ1n) is 9.26. The number of amides is 2. The summed E-state index contributed by atoms with van der Waals surface area (Å²) in [5.41, 5.74) is 2.86. The minimum atomic E-state index is -0.223. The van der Waals surface area contributed by atoms with Crippen LogP contribution in [0.15, 0.2) is 46.9 Å². The van der Waals surface area contributed by atoms with Gasteiger partial charge in [0.15, 0.2) is 0 Å². The van der Waals surface area contributed by atoms with E-state index in [1.165, 1.54) is 18.4 Å². The van der Waals surface area contributed by atoms with Crippen LogP contribution in [0, 0.1) is 6.92 Å². The number of ether oxygens (including phenoxy) is 1. The molecule has 1 saturated heterocycles. The molecule has 0 aromatic heterocycles. The summed E-state index contributed by atoms with van der Waals surface area (Å²) in [6.45, 7) is 4.65. The zero-order valence-electron chi connectivity index (χ0n) is 15.8. The van der Waals surface area contributed by atoms with Crippen molar-refractivity contribution in [2.24, 2.45) is 0 Å². The highest BCUT2D eigenvalue weighted by Crippen LogP contribution is 2.32. The zero-order chi connectivity index (χ0) is 19.2. The third-order valence-corrected chi connectivity index (χ3v) is 5.40. The van der Waals surface area contributed by atoms with Crippen LogP contribution in [0.1, 0.15) is 30.0 Å². The predicted molar refractivity (Wildman–Crippen MR) is 112 cm³/mol. The number of nitrogens with one attached hydrogen (secondary N) is 2. The van der Waals surface area contributed by atoms with Crippen molar-refractivity contribution in [2.45, 2.75) is 25.8 Å². The van der Waals surface area contributed by atoms with Crippen molar-refractivity contribution >= 4 is 27.6 Å². The molecule has 1 atom stereocenters. The van der Waals surface area contributed by atoms with Gasteiger partial charge in [0.05, 0.1) is 18.8 Å². The molecule has 2 amide bonds. The van der Waals surface area contributed by atoms with Crippen molar-refractivity contribution in [2.75, 3.05) is 32.1 Å². The maximum atomic E-state index is 12.6. The summed E-state index contributed by atoms with van der Waals surface area (Å²) in [5.74, 6) is 0.635. The lowest BCUT2D eigenvalue weighted by Gasteiger charge is -2.28. The van der Waals surface area contributed by atoms with Crippen molar-refractivity contribution in [1.29, 1.82) is 0 Å². The fourth-order valence-corrected chi connectivity index (χ4v) is 4.12. The Morgan fingerprint density at radius 1 is 1.22 bits per heavy atom. The predicted octanol–water partition coefficient (Wildman–Crippen LogP) is 4.72. The van der Waals surface area contributed by atoms with E-state index in [4.69, 9.17) is 4.74 Å². The Morgan fingerprint density at radius 3 is 2.59 bits per heavy atom. The molecule has 0 aliphatic carbocycles. The molecule has 1 fully saturated rings. The summed E-state index contributed by atoms with van der Waals surface area (Å²) in [7, 11) is 1.60. The summed E-state index contributed by atoms with van der Waals surface area (Å²) in [5, 5.41) is 5.98. The lowest BCUT2D eigenvalue weighted by molar-refractivity contribution is 0.227. The first kappa shape index (κ1) is 19.7. The molecule has 1 aliphatic rings. The number of carbonyl (C=O) groups excluding carboxylic acids is 1. The second kappa shape index (κ2) is 9.24. The Hall–Kier alpha value is -2.05. The summed E-state index contributed by atoms with van der Waals surface area (Å²) in [4.78, 5) is 15.0. The molecule has 5 nitrogen and oxygen atoms in total. The molecule has 0 spiro atoms. The third-order valence-electron chi connectivity index (χ3n) is 4.94. The Morgan fingerprint density at radius 2 is 1.93 bits per heavy atom. The molecule has 2 N–H and O–H groups in total. The molecule has 0 saturated carbocycles. The molecule has 2 aromatic carbocycles. The van der Waals surface area contributed by atoms with E-state index in [1.807, 2.05) is 25.1 Å². The average Bonchev–Trinajstić information content (AvgIpc) is 3.19. The average molecular weight is 432 g/mol. The van der Waals surface area contributed by atoms with E-state index in [-0.39, 0.29) is 12.1 Å². The highest BCUT2D eigenvalue weighted by atomic mass is 79.9. The molecule has 2 aromatic rings. The van der Waals surface area contributed by atoms with Crippen LogP contribution in [0.5, 0.6) is 5.75 Å². The summed E-state index contributed by atoms with van der Waals surface area (Å²) in [6.07, 6.45) is 2.43. The summed E-state index contributed by atoms with van der Waals surface area (Å²) >= 11 is 3.45.